The molecule has 0 radical (unpaired) electrons. The molecule has 0 aliphatic rings. The van der Waals surface area contributed by atoms with E-state index in [2.05, 4.69) is 4.74 Å². The Morgan fingerprint density at radius 2 is 2.12 bits per heavy atom. The van der Waals surface area contributed by atoms with Crippen molar-refractivity contribution in [1.82, 2.24) is 0 Å². The summed E-state index contributed by atoms with van der Waals surface area (Å²) >= 11 is 0. The summed E-state index contributed by atoms with van der Waals surface area (Å²) < 4.78 is 43.9. The molecule has 0 aliphatic heterocycles. The summed E-state index contributed by atoms with van der Waals surface area (Å²) in [4.78, 5) is 11.0. The van der Waals surface area contributed by atoms with Gasteiger partial charge in [0.25, 0.3) is 0 Å². The van der Waals surface area contributed by atoms with Crippen molar-refractivity contribution in [2.45, 2.75) is 12.8 Å². The smallest absolute Gasteiger partial charge is 0.382 e. The number of nitrogen functional groups attached to an aromatic ring is 1. The fourth-order valence-electron chi connectivity index (χ4n) is 1.13. The molecule has 0 saturated carbocycles. The number of carbonyl (C=O) groups is 1. The van der Waals surface area contributed by atoms with Crippen LogP contribution in [0.25, 0.3) is 0 Å². The molecule has 0 aromatic heterocycles. The van der Waals surface area contributed by atoms with E-state index in [1.54, 1.807) is 0 Å². The highest BCUT2D eigenvalue weighted by atomic mass is 19.3. The summed E-state index contributed by atoms with van der Waals surface area (Å²) in [5.74, 6) is -6.58. The lowest BCUT2D eigenvalue weighted by atomic mass is 10.1. The van der Waals surface area contributed by atoms with Crippen LogP contribution in [0.1, 0.15) is 12.5 Å². The van der Waals surface area contributed by atoms with Crippen LogP contribution in [-0.2, 0) is 15.5 Å². The maximum absolute atomic E-state index is 13.5. The number of benzene rings is 1. The van der Waals surface area contributed by atoms with Crippen LogP contribution >= 0.6 is 0 Å². The molecular formula is C10H10F3NO2. The maximum Gasteiger partial charge on any atom is 0.382 e. The Bertz CT molecular complexity index is 407. The van der Waals surface area contributed by atoms with Crippen LogP contribution in [0.3, 0.4) is 0 Å². The van der Waals surface area contributed by atoms with E-state index < -0.39 is 23.3 Å². The summed E-state index contributed by atoms with van der Waals surface area (Å²) in [7, 11) is 0. The summed E-state index contributed by atoms with van der Waals surface area (Å²) in [6.45, 7) is 1.20. The first kappa shape index (κ1) is 12.4. The predicted octanol–water partition coefficient (Wildman–Crippen LogP) is 2.06. The summed E-state index contributed by atoms with van der Waals surface area (Å²) in [5.41, 5.74) is 4.01. The lowest BCUT2D eigenvalue weighted by Gasteiger charge is -2.16. The van der Waals surface area contributed by atoms with Crippen molar-refractivity contribution < 1.29 is 22.7 Å². The monoisotopic (exact) mass is 233 g/mol. The Balaban J connectivity index is 3.15. The molecule has 1 aromatic rings. The van der Waals surface area contributed by atoms with Crippen LogP contribution in [-0.4, -0.2) is 12.6 Å². The van der Waals surface area contributed by atoms with Crippen molar-refractivity contribution in [3.63, 3.8) is 0 Å². The Morgan fingerprint density at radius 1 is 1.50 bits per heavy atom. The Morgan fingerprint density at radius 3 is 2.69 bits per heavy atom. The second kappa shape index (κ2) is 4.42. The third-order valence-corrected chi connectivity index (χ3v) is 1.89. The molecular weight excluding hydrogens is 223 g/mol. The zero-order valence-electron chi connectivity index (χ0n) is 8.47. The van der Waals surface area contributed by atoms with E-state index in [1.807, 2.05) is 0 Å². The Labute approximate surface area is 90.0 Å². The molecule has 1 aromatic carbocycles. The number of anilines is 1. The first-order valence-electron chi connectivity index (χ1n) is 4.50. The van der Waals surface area contributed by atoms with Crippen molar-refractivity contribution in [2.24, 2.45) is 0 Å². The van der Waals surface area contributed by atoms with Gasteiger partial charge >= 0.3 is 11.9 Å². The average molecular weight is 233 g/mol. The fraction of sp³-hybridized carbons (Fsp3) is 0.300. The van der Waals surface area contributed by atoms with E-state index in [4.69, 9.17) is 5.73 Å². The van der Waals surface area contributed by atoms with E-state index in [1.165, 1.54) is 6.92 Å². The molecule has 0 saturated heterocycles. The van der Waals surface area contributed by atoms with Gasteiger partial charge in [-0.25, -0.2) is 9.18 Å². The third-order valence-electron chi connectivity index (χ3n) is 1.89. The number of nitrogens with two attached hydrogens (primary N) is 1. The number of alkyl halides is 2. The first-order chi connectivity index (χ1) is 7.39. The SMILES string of the molecule is CCOC(=O)C(F)(F)c1cc(F)ccc1N. The minimum Gasteiger partial charge on any atom is -0.461 e. The van der Waals surface area contributed by atoms with Gasteiger partial charge in [0.1, 0.15) is 5.82 Å². The number of hydrogen-bond acceptors (Lipinski definition) is 3. The fourth-order valence-corrected chi connectivity index (χ4v) is 1.13. The minimum atomic E-state index is -3.94. The zero-order chi connectivity index (χ0) is 12.3. The van der Waals surface area contributed by atoms with Crippen molar-refractivity contribution in [2.75, 3.05) is 12.3 Å². The lowest BCUT2D eigenvalue weighted by Crippen LogP contribution is -2.29. The molecule has 88 valence electrons. The molecule has 6 heteroatoms. The second-order valence-corrected chi connectivity index (χ2v) is 3.03. The lowest BCUT2D eigenvalue weighted by molar-refractivity contribution is -0.173. The van der Waals surface area contributed by atoms with Gasteiger partial charge < -0.3 is 10.5 Å². The van der Waals surface area contributed by atoms with Gasteiger partial charge in [-0.1, -0.05) is 0 Å². The molecule has 0 bridgehead atoms. The van der Waals surface area contributed by atoms with Gasteiger partial charge in [-0.2, -0.15) is 8.78 Å². The first-order valence-corrected chi connectivity index (χ1v) is 4.50. The molecule has 0 spiro atoms. The molecule has 2 N–H and O–H groups in total. The zero-order valence-corrected chi connectivity index (χ0v) is 8.47. The maximum atomic E-state index is 13.5. The number of rotatable bonds is 3. The highest BCUT2D eigenvalue weighted by molar-refractivity contribution is 5.81. The van der Waals surface area contributed by atoms with Crippen LogP contribution < -0.4 is 5.73 Å². The number of esters is 1. The van der Waals surface area contributed by atoms with Crippen LogP contribution in [0.5, 0.6) is 0 Å². The van der Waals surface area contributed by atoms with Crippen LogP contribution in [0.15, 0.2) is 18.2 Å². The molecule has 0 unspecified atom stereocenters. The second-order valence-electron chi connectivity index (χ2n) is 3.03. The normalized spacial score (nSPS) is 11.2. The Kier molecular flexibility index (Phi) is 3.41. The summed E-state index contributed by atoms with van der Waals surface area (Å²) in [6.07, 6.45) is 0. The van der Waals surface area contributed by atoms with Gasteiger partial charge in [0.05, 0.1) is 12.2 Å². The number of ether oxygens (including phenoxy) is 1. The Hall–Kier alpha value is -1.72. The van der Waals surface area contributed by atoms with Gasteiger partial charge in [0.2, 0.25) is 0 Å². The van der Waals surface area contributed by atoms with Gasteiger partial charge in [-0.15, -0.1) is 0 Å². The molecule has 0 fully saturated rings. The number of hydrogen-bond donors (Lipinski definition) is 1. The van der Waals surface area contributed by atoms with Gasteiger partial charge in [0.15, 0.2) is 0 Å². The van der Waals surface area contributed by atoms with E-state index in [9.17, 15) is 18.0 Å². The van der Waals surface area contributed by atoms with E-state index in [-0.39, 0.29) is 12.3 Å². The predicted molar refractivity (Wildman–Crippen MR) is 51.3 cm³/mol. The molecule has 0 atom stereocenters. The largest absolute Gasteiger partial charge is 0.461 e. The van der Waals surface area contributed by atoms with Crippen molar-refractivity contribution >= 4 is 11.7 Å². The standard InChI is InChI=1S/C10H10F3NO2/c1-2-16-9(15)10(12,13)7-5-6(11)3-4-8(7)14/h3-5H,2,14H2,1H3. The molecule has 0 amide bonds. The van der Waals surface area contributed by atoms with E-state index >= 15 is 0 Å². The molecule has 0 heterocycles. The van der Waals surface area contributed by atoms with Crippen molar-refractivity contribution in [3.05, 3.63) is 29.6 Å². The highest BCUT2D eigenvalue weighted by Gasteiger charge is 2.44. The van der Waals surface area contributed by atoms with Crippen molar-refractivity contribution in [3.8, 4) is 0 Å². The average Bonchev–Trinajstić information content (AvgIpc) is 2.22. The van der Waals surface area contributed by atoms with Crippen LogP contribution in [0, 0.1) is 5.82 Å². The molecule has 0 aliphatic carbocycles. The van der Waals surface area contributed by atoms with Gasteiger partial charge in [0, 0.05) is 5.69 Å². The van der Waals surface area contributed by atoms with Crippen LogP contribution in [0.4, 0.5) is 18.9 Å². The van der Waals surface area contributed by atoms with E-state index in [0.717, 1.165) is 12.1 Å². The molecule has 1 rings (SSSR count). The van der Waals surface area contributed by atoms with E-state index in [0.29, 0.717) is 6.07 Å². The third kappa shape index (κ3) is 2.26. The van der Waals surface area contributed by atoms with Crippen molar-refractivity contribution in [1.29, 1.82) is 0 Å². The number of carbonyl (C=O) groups excluding carboxylic acids is 1. The molecule has 3 nitrogen and oxygen atoms in total. The van der Waals surface area contributed by atoms with Gasteiger partial charge in [-0.05, 0) is 25.1 Å². The van der Waals surface area contributed by atoms with Crippen LogP contribution in [0.2, 0.25) is 0 Å². The minimum absolute atomic E-state index is 0.191. The topological polar surface area (TPSA) is 52.3 Å². The molecule has 16 heavy (non-hydrogen) atoms. The van der Waals surface area contributed by atoms with Gasteiger partial charge in [-0.3, -0.25) is 0 Å². The quantitative estimate of drug-likeness (QED) is 0.642. The summed E-state index contributed by atoms with van der Waals surface area (Å²) in [5, 5.41) is 0. The highest BCUT2D eigenvalue weighted by Crippen LogP contribution is 2.33. The number of halogens is 3. The summed E-state index contributed by atoms with van der Waals surface area (Å²) in [6, 6.07) is 2.42.